The normalized spacial score (nSPS) is 17.7. The average molecular weight is 347 g/mol. The second-order valence-corrected chi connectivity index (χ2v) is 5.94. The Morgan fingerprint density at radius 1 is 1.44 bits per heavy atom. The summed E-state index contributed by atoms with van der Waals surface area (Å²) >= 11 is 0. The molecule has 0 saturated carbocycles. The molecule has 10 nitrogen and oxygen atoms in total. The lowest BCUT2D eigenvalue weighted by Crippen LogP contribution is -2.44. The summed E-state index contributed by atoms with van der Waals surface area (Å²) in [6.45, 7) is 4.85. The molecule has 1 atom stereocenters. The van der Waals surface area contributed by atoms with Crippen LogP contribution in [0.5, 0.6) is 0 Å². The highest BCUT2D eigenvalue weighted by Crippen LogP contribution is 2.19. The van der Waals surface area contributed by atoms with Crippen LogP contribution in [0.4, 0.5) is 0 Å². The molecule has 0 aliphatic carbocycles. The standard InChI is InChI=1S/C15H21N7O3/c1-4-12-16-9(2)10(15(24)17-12)7-13(23)22-5-6-25-11(8-22)14-18-20-21(3)19-14/h11H,4-8H2,1-3H3,(H,16,17,24). The number of amides is 1. The molecule has 25 heavy (non-hydrogen) atoms. The van der Waals surface area contributed by atoms with Crippen molar-refractivity contribution in [1.82, 2.24) is 35.1 Å². The Kier molecular flexibility index (Phi) is 4.88. The molecular weight excluding hydrogens is 326 g/mol. The highest BCUT2D eigenvalue weighted by atomic mass is 16.5. The van der Waals surface area contributed by atoms with E-state index in [1.54, 1.807) is 18.9 Å². The molecule has 1 unspecified atom stereocenters. The molecule has 0 aromatic carbocycles. The maximum Gasteiger partial charge on any atom is 0.254 e. The Morgan fingerprint density at radius 2 is 2.24 bits per heavy atom. The van der Waals surface area contributed by atoms with Gasteiger partial charge in [0, 0.05) is 24.2 Å². The van der Waals surface area contributed by atoms with E-state index in [4.69, 9.17) is 4.74 Å². The summed E-state index contributed by atoms with van der Waals surface area (Å²) in [6, 6.07) is 0. The fourth-order valence-electron chi connectivity index (χ4n) is 2.77. The molecule has 2 aromatic heterocycles. The van der Waals surface area contributed by atoms with Gasteiger partial charge in [0.15, 0.2) is 0 Å². The number of rotatable bonds is 4. The van der Waals surface area contributed by atoms with Crippen LogP contribution in [-0.2, 0) is 29.4 Å². The van der Waals surface area contributed by atoms with Crippen LogP contribution in [0.2, 0.25) is 0 Å². The molecule has 0 radical (unpaired) electrons. The van der Waals surface area contributed by atoms with Gasteiger partial charge in [0.2, 0.25) is 11.7 Å². The van der Waals surface area contributed by atoms with Crippen molar-refractivity contribution in [2.24, 2.45) is 7.05 Å². The highest BCUT2D eigenvalue weighted by Gasteiger charge is 2.29. The van der Waals surface area contributed by atoms with Gasteiger partial charge in [0.05, 0.1) is 26.6 Å². The van der Waals surface area contributed by atoms with Gasteiger partial charge in [-0.3, -0.25) is 9.59 Å². The number of carbonyl (C=O) groups excluding carboxylic acids is 1. The number of ether oxygens (including phenoxy) is 1. The SMILES string of the molecule is CCc1nc(C)c(CC(=O)N2CCOC(c3nnn(C)n3)C2)c(=O)[nH]1. The van der Waals surface area contributed by atoms with Gasteiger partial charge in [-0.25, -0.2) is 4.98 Å². The fraction of sp³-hybridized carbons (Fsp3) is 0.600. The lowest BCUT2D eigenvalue weighted by atomic mass is 10.1. The monoisotopic (exact) mass is 347 g/mol. The Labute approximate surface area is 144 Å². The number of aryl methyl sites for hydroxylation is 3. The largest absolute Gasteiger partial charge is 0.366 e. The molecule has 1 saturated heterocycles. The first-order chi connectivity index (χ1) is 12.0. The minimum absolute atomic E-state index is 0.0127. The molecule has 3 heterocycles. The summed E-state index contributed by atoms with van der Waals surface area (Å²) in [5.74, 6) is 0.929. The Balaban J connectivity index is 1.72. The number of morpholine rings is 1. The van der Waals surface area contributed by atoms with Crippen molar-refractivity contribution >= 4 is 5.91 Å². The van der Waals surface area contributed by atoms with Gasteiger partial charge in [0.25, 0.3) is 5.56 Å². The zero-order valence-corrected chi connectivity index (χ0v) is 14.5. The molecule has 3 rings (SSSR count). The van der Waals surface area contributed by atoms with E-state index in [1.165, 1.54) is 4.80 Å². The Bertz CT molecular complexity index is 829. The van der Waals surface area contributed by atoms with Gasteiger partial charge >= 0.3 is 0 Å². The van der Waals surface area contributed by atoms with Crippen LogP contribution >= 0.6 is 0 Å². The van der Waals surface area contributed by atoms with Crippen LogP contribution < -0.4 is 5.56 Å². The molecule has 1 amide bonds. The first kappa shape index (κ1) is 17.2. The van der Waals surface area contributed by atoms with Gasteiger partial charge < -0.3 is 14.6 Å². The molecule has 1 fully saturated rings. The van der Waals surface area contributed by atoms with E-state index < -0.39 is 6.10 Å². The topological polar surface area (TPSA) is 119 Å². The van der Waals surface area contributed by atoms with Crippen LogP contribution in [0.25, 0.3) is 0 Å². The predicted molar refractivity (Wildman–Crippen MR) is 86.7 cm³/mol. The second-order valence-electron chi connectivity index (χ2n) is 5.94. The Hall–Kier alpha value is -2.62. The molecular formula is C15H21N7O3. The smallest absolute Gasteiger partial charge is 0.254 e. The van der Waals surface area contributed by atoms with E-state index in [2.05, 4.69) is 25.4 Å². The van der Waals surface area contributed by atoms with Crippen LogP contribution in [-0.4, -0.2) is 60.7 Å². The van der Waals surface area contributed by atoms with Gasteiger partial charge in [0.1, 0.15) is 11.9 Å². The van der Waals surface area contributed by atoms with E-state index in [0.717, 1.165) is 0 Å². The average Bonchev–Trinajstić information content (AvgIpc) is 3.04. The number of hydrogen-bond acceptors (Lipinski definition) is 7. The van der Waals surface area contributed by atoms with E-state index in [9.17, 15) is 9.59 Å². The van der Waals surface area contributed by atoms with Crippen LogP contribution in [0, 0.1) is 6.92 Å². The molecule has 1 N–H and O–H groups in total. The number of aromatic amines is 1. The summed E-state index contributed by atoms with van der Waals surface area (Å²) in [7, 11) is 1.67. The van der Waals surface area contributed by atoms with Crippen molar-refractivity contribution < 1.29 is 9.53 Å². The lowest BCUT2D eigenvalue weighted by Gasteiger charge is -2.31. The summed E-state index contributed by atoms with van der Waals surface area (Å²) in [5.41, 5.74) is 0.746. The second kappa shape index (κ2) is 7.09. The summed E-state index contributed by atoms with van der Waals surface area (Å²) in [5, 5.41) is 11.9. The summed E-state index contributed by atoms with van der Waals surface area (Å²) in [4.78, 5) is 34.9. The quantitative estimate of drug-likeness (QED) is 0.777. The first-order valence-corrected chi connectivity index (χ1v) is 8.20. The maximum atomic E-state index is 12.6. The van der Waals surface area contributed by atoms with Gasteiger partial charge in [-0.05, 0) is 12.1 Å². The van der Waals surface area contributed by atoms with Crippen molar-refractivity contribution in [3.05, 3.63) is 33.3 Å². The minimum Gasteiger partial charge on any atom is -0.366 e. The molecule has 1 aliphatic heterocycles. The fourth-order valence-corrected chi connectivity index (χ4v) is 2.77. The molecule has 0 spiro atoms. The van der Waals surface area contributed by atoms with Gasteiger partial charge in [-0.2, -0.15) is 4.80 Å². The predicted octanol–water partition coefficient (Wildman–Crippen LogP) is -0.693. The Morgan fingerprint density at radius 3 is 2.88 bits per heavy atom. The number of carbonyl (C=O) groups is 1. The van der Waals surface area contributed by atoms with Crippen molar-refractivity contribution in [2.75, 3.05) is 19.7 Å². The number of nitrogens with one attached hydrogen (secondary N) is 1. The molecule has 2 aromatic rings. The number of nitrogens with zero attached hydrogens (tertiary/aromatic N) is 6. The van der Waals surface area contributed by atoms with E-state index in [0.29, 0.717) is 49.0 Å². The number of aromatic nitrogens is 6. The van der Waals surface area contributed by atoms with E-state index in [1.807, 2.05) is 6.92 Å². The molecule has 10 heteroatoms. The third-order valence-corrected chi connectivity index (χ3v) is 4.17. The number of H-pyrrole nitrogens is 1. The highest BCUT2D eigenvalue weighted by molar-refractivity contribution is 5.79. The minimum atomic E-state index is -0.411. The van der Waals surface area contributed by atoms with Crippen molar-refractivity contribution in [2.45, 2.75) is 32.8 Å². The summed E-state index contributed by atoms with van der Waals surface area (Å²) in [6.07, 6.45) is 0.241. The van der Waals surface area contributed by atoms with E-state index in [-0.39, 0.29) is 17.9 Å². The zero-order chi connectivity index (χ0) is 18.0. The zero-order valence-electron chi connectivity index (χ0n) is 14.5. The lowest BCUT2D eigenvalue weighted by molar-refractivity contribution is -0.138. The summed E-state index contributed by atoms with van der Waals surface area (Å²) < 4.78 is 5.63. The number of tetrazole rings is 1. The van der Waals surface area contributed by atoms with Gasteiger partial charge in [-0.1, -0.05) is 6.92 Å². The van der Waals surface area contributed by atoms with Gasteiger partial charge in [-0.15, -0.1) is 10.2 Å². The third kappa shape index (κ3) is 3.73. The third-order valence-electron chi connectivity index (χ3n) is 4.17. The molecule has 1 aliphatic rings. The van der Waals surface area contributed by atoms with Crippen LogP contribution in [0.1, 0.15) is 35.9 Å². The van der Waals surface area contributed by atoms with Crippen molar-refractivity contribution in [3.8, 4) is 0 Å². The van der Waals surface area contributed by atoms with Crippen molar-refractivity contribution in [3.63, 3.8) is 0 Å². The van der Waals surface area contributed by atoms with Crippen LogP contribution in [0.3, 0.4) is 0 Å². The van der Waals surface area contributed by atoms with E-state index >= 15 is 0 Å². The van der Waals surface area contributed by atoms with Crippen molar-refractivity contribution in [1.29, 1.82) is 0 Å². The first-order valence-electron chi connectivity index (χ1n) is 8.20. The number of hydrogen-bond donors (Lipinski definition) is 1. The van der Waals surface area contributed by atoms with Crippen LogP contribution in [0.15, 0.2) is 4.79 Å². The maximum absolute atomic E-state index is 12.6. The molecule has 0 bridgehead atoms. The molecule has 134 valence electrons.